The van der Waals surface area contributed by atoms with E-state index in [1.807, 2.05) is 0 Å². The summed E-state index contributed by atoms with van der Waals surface area (Å²) in [6.07, 6.45) is 5.60. The molecule has 0 spiro atoms. The van der Waals surface area contributed by atoms with Gasteiger partial charge in [0.25, 0.3) is 0 Å². The normalized spacial score (nSPS) is 47.1. The highest BCUT2D eigenvalue weighted by atomic mass is 14.7. The molecule has 2 N–H and O–H groups in total. The standard InChI is InChI=1S/C12H23N/c1-9-4-5-10-8-12(9,6-7-13)11(10,2)3/h9-10H,4-8,13H2,1-3H3. The van der Waals surface area contributed by atoms with Crippen molar-refractivity contribution in [2.24, 2.45) is 28.4 Å². The van der Waals surface area contributed by atoms with Gasteiger partial charge in [0.15, 0.2) is 0 Å². The Hall–Kier alpha value is -0.0400. The molecule has 3 aliphatic carbocycles. The van der Waals surface area contributed by atoms with Crippen LogP contribution in [0, 0.1) is 22.7 Å². The van der Waals surface area contributed by atoms with E-state index in [4.69, 9.17) is 5.73 Å². The molecule has 0 saturated heterocycles. The van der Waals surface area contributed by atoms with Crippen molar-refractivity contribution in [3.05, 3.63) is 0 Å². The quantitative estimate of drug-likeness (QED) is 0.696. The van der Waals surface area contributed by atoms with Crippen LogP contribution in [0.2, 0.25) is 0 Å². The van der Waals surface area contributed by atoms with Crippen LogP contribution < -0.4 is 5.73 Å². The van der Waals surface area contributed by atoms with Crippen LogP contribution in [0.1, 0.15) is 46.5 Å². The topological polar surface area (TPSA) is 26.0 Å². The molecule has 1 heteroatoms. The SMILES string of the molecule is CC1CCC2CC1(CCN)C2(C)C. The first-order chi connectivity index (χ1) is 6.04. The molecule has 2 bridgehead atoms. The van der Waals surface area contributed by atoms with E-state index >= 15 is 0 Å². The first kappa shape index (κ1) is 9.51. The molecule has 3 rings (SSSR count). The predicted octanol–water partition coefficient (Wildman–Crippen LogP) is 2.80. The molecule has 0 aromatic heterocycles. The lowest BCUT2D eigenvalue weighted by Gasteiger charge is -2.69. The van der Waals surface area contributed by atoms with Gasteiger partial charge < -0.3 is 5.73 Å². The van der Waals surface area contributed by atoms with Crippen LogP contribution in [0.25, 0.3) is 0 Å². The van der Waals surface area contributed by atoms with Crippen molar-refractivity contribution in [3.8, 4) is 0 Å². The zero-order chi connectivity index (χ0) is 9.69. The molecule has 13 heavy (non-hydrogen) atoms. The zero-order valence-electron chi connectivity index (χ0n) is 9.27. The van der Waals surface area contributed by atoms with Gasteiger partial charge in [0.05, 0.1) is 0 Å². The molecule has 76 valence electrons. The van der Waals surface area contributed by atoms with Crippen molar-refractivity contribution in [2.75, 3.05) is 6.54 Å². The first-order valence-electron chi connectivity index (χ1n) is 5.74. The van der Waals surface area contributed by atoms with Crippen LogP contribution in [-0.4, -0.2) is 6.54 Å². The molecule has 3 aliphatic rings. The van der Waals surface area contributed by atoms with Gasteiger partial charge in [-0.2, -0.15) is 0 Å². The van der Waals surface area contributed by atoms with Gasteiger partial charge in [0.1, 0.15) is 0 Å². The Morgan fingerprint density at radius 1 is 1.31 bits per heavy atom. The Balaban J connectivity index is 2.23. The van der Waals surface area contributed by atoms with Gasteiger partial charge in [0.2, 0.25) is 0 Å². The molecule has 0 aliphatic heterocycles. The highest BCUT2D eigenvalue weighted by Crippen LogP contribution is 2.71. The summed E-state index contributed by atoms with van der Waals surface area (Å²) >= 11 is 0. The largest absolute Gasteiger partial charge is 0.330 e. The molecule has 0 aromatic rings. The third kappa shape index (κ3) is 0.971. The Morgan fingerprint density at radius 2 is 2.00 bits per heavy atom. The number of hydrogen-bond donors (Lipinski definition) is 1. The first-order valence-corrected chi connectivity index (χ1v) is 5.74. The van der Waals surface area contributed by atoms with Crippen LogP contribution in [0.15, 0.2) is 0 Å². The van der Waals surface area contributed by atoms with E-state index in [-0.39, 0.29) is 0 Å². The molecular formula is C12H23N. The summed E-state index contributed by atoms with van der Waals surface area (Å²) in [6, 6.07) is 0. The number of rotatable bonds is 2. The fourth-order valence-electron chi connectivity index (χ4n) is 4.19. The van der Waals surface area contributed by atoms with Crippen molar-refractivity contribution in [3.63, 3.8) is 0 Å². The van der Waals surface area contributed by atoms with Gasteiger partial charge >= 0.3 is 0 Å². The number of fused-ring (bicyclic) bond motifs is 2. The summed E-state index contributed by atoms with van der Waals surface area (Å²) in [5, 5.41) is 0. The molecule has 3 saturated carbocycles. The second-order valence-corrected chi connectivity index (χ2v) is 5.80. The van der Waals surface area contributed by atoms with Gasteiger partial charge in [-0.15, -0.1) is 0 Å². The molecule has 3 atom stereocenters. The maximum absolute atomic E-state index is 5.75. The molecular weight excluding hydrogens is 158 g/mol. The van der Waals surface area contributed by atoms with Gasteiger partial charge in [0, 0.05) is 0 Å². The summed E-state index contributed by atoms with van der Waals surface area (Å²) < 4.78 is 0. The number of hydrogen-bond acceptors (Lipinski definition) is 1. The van der Waals surface area contributed by atoms with Gasteiger partial charge in [-0.25, -0.2) is 0 Å². The highest BCUT2D eigenvalue weighted by Gasteiger charge is 2.63. The van der Waals surface area contributed by atoms with Gasteiger partial charge in [-0.1, -0.05) is 20.8 Å². The van der Waals surface area contributed by atoms with Crippen LogP contribution in [0.3, 0.4) is 0 Å². The summed E-state index contributed by atoms with van der Waals surface area (Å²) in [7, 11) is 0. The zero-order valence-corrected chi connectivity index (χ0v) is 9.27. The van der Waals surface area contributed by atoms with E-state index in [0.29, 0.717) is 10.8 Å². The molecule has 3 fully saturated rings. The average Bonchev–Trinajstić information content (AvgIpc) is 2.08. The second-order valence-electron chi connectivity index (χ2n) is 5.80. The molecule has 0 radical (unpaired) electrons. The average molecular weight is 181 g/mol. The van der Waals surface area contributed by atoms with E-state index in [1.54, 1.807) is 0 Å². The summed E-state index contributed by atoms with van der Waals surface area (Å²) in [6.45, 7) is 8.24. The van der Waals surface area contributed by atoms with Crippen molar-refractivity contribution in [1.82, 2.24) is 0 Å². The summed E-state index contributed by atoms with van der Waals surface area (Å²) in [4.78, 5) is 0. The number of nitrogens with two attached hydrogens (primary N) is 1. The highest BCUT2D eigenvalue weighted by molar-refractivity contribution is 5.12. The fraction of sp³-hybridized carbons (Fsp3) is 1.00. The molecule has 0 amide bonds. The lowest BCUT2D eigenvalue weighted by atomic mass is 9.36. The Bertz CT molecular complexity index is 205. The Morgan fingerprint density at radius 3 is 2.46 bits per heavy atom. The van der Waals surface area contributed by atoms with E-state index in [1.165, 1.54) is 25.7 Å². The fourth-order valence-corrected chi connectivity index (χ4v) is 4.19. The third-order valence-corrected chi connectivity index (χ3v) is 5.40. The van der Waals surface area contributed by atoms with Crippen LogP contribution in [-0.2, 0) is 0 Å². The maximum atomic E-state index is 5.75. The monoisotopic (exact) mass is 181 g/mol. The van der Waals surface area contributed by atoms with Crippen LogP contribution in [0.5, 0.6) is 0 Å². The van der Waals surface area contributed by atoms with E-state index in [2.05, 4.69) is 20.8 Å². The van der Waals surface area contributed by atoms with E-state index in [9.17, 15) is 0 Å². The molecule has 0 aromatic carbocycles. The lowest BCUT2D eigenvalue weighted by molar-refractivity contribution is -0.197. The predicted molar refractivity (Wildman–Crippen MR) is 56.4 cm³/mol. The summed E-state index contributed by atoms with van der Waals surface area (Å²) in [5.74, 6) is 1.89. The van der Waals surface area contributed by atoms with Crippen LogP contribution in [0.4, 0.5) is 0 Å². The minimum Gasteiger partial charge on any atom is -0.330 e. The molecule has 3 unspecified atom stereocenters. The smallest absolute Gasteiger partial charge is 0.00717 e. The minimum atomic E-state index is 0.573. The maximum Gasteiger partial charge on any atom is -0.00717 e. The Labute approximate surface area is 82.1 Å². The van der Waals surface area contributed by atoms with Crippen molar-refractivity contribution < 1.29 is 0 Å². The van der Waals surface area contributed by atoms with Gasteiger partial charge in [-0.3, -0.25) is 0 Å². The van der Waals surface area contributed by atoms with Gasteiger partial charge in [-0.05, 0) is 54.9 Å². The molecule has 0 heterocycles. The van der Waals surface area contributed by atoms with Crippen molar-refractivity contribution in [2.45, 2.75) is 46.5 Å². The van der Waals surface area contributed by atoms with Crippen LogP contribution >= 0.6 is 0 Å². The van der Waals surface area contributed by atoms with Crippen molar-refractivity contribution >= 4 is 0 Å². The van der Waals surface area contributed by atoms with E-state index in [0.717, 1.165) is 18.4 Å². The van der Waals surface area contributed by atoms with Crippen molar-refractivity contribution in [1.29, 1.82) is 0 Å². The van der Waals surface area contributed by atoms with E-state index < -0.39 is 0 Å². The lowest BCUT2D eigenvalue weighted by Crippen LogP contribution is -2.62. The minimum absolute atomic E-state index is 0.573. The summed E-state index contributed by atoms with van der Waals surface area (Å²) in [5.41, 5.74) is 6.93. The second kappa shape index (κ2) is 2.73. The third-order valence-electron chi connectivity index (χ3n) is 5.40. The molecule has 1 nitrogen and oxygen atoms in total. The Kier molecular flexibility index (Phi) is 1.99.